The molecular formula is C26H34N4O3. The number of pyridine rings is 1. The fourth-order valence-electron chi connectivity index (χ4n) is 3.70. The molecule has 7 nitrogen and oxygen atoms in total. The van der Waals surface area contributed by atoms with Crippen LogP contribution >= 0.6 is 0 Å². The van der Waals surface area contributed by atoms with Gasteiger partial charge in [0, 0.05) is 24.5 Å². The number of aromatic nitrogens is 3. The molecule has 1 N–H and O–H groups in total. The van der Waals surface area contributed by atoms with Gasteiger partial charge in [-0.3, -0.25) is 4.98 Å². The summed E-state index contributed by atoms with van der Waals surface area (Å²) in [5.74, 6) is 0.888. The molecule has 0 aliphatic carbocycles. The zero-order valence-electron chi connectivity index (χ0n) is 19.5. The van der Waals surface area contributed by atoms with Gasteiger partial charge in [-0.25, -0.2) is 4.79 Å². The molecule has 176 valence electrons. The van der Waals surface area contributed by atoms with Crippen molar-refractivity contribution in [1.29, 1.82) is 0 Å². The van der Waals surface area contributed by atoms with Crippen LogP contribution in [0, 0.1) is 0 Å². The summed E-state index contributed by atoms with van der Waals surface area (Å²) in [4.78, 5) is 16.4. The standard InChI is InChI=1S/C26H34N4O3/c1-2-3-4-5-6-7-8-9-10-11-15-28-26(31)33-24-14-12-13-21(17-24)22-16-23(19-27-18-22)25-30-29-20-32-25/h12-14,16-20H,2-11,15H2,1H3,(H,28,31). The highest BCUT2D eigenvalue weighted by Crippen LogP contribution is 2.26. The first-order chi connectivity index (χ1) is 16.3. The van der Waals surface area contributed by atoms with Crippen molar-refractivity contribution in [2.24, 2.45) is 0 Å². The second-order valence-corrected chi connectivity index (χ2v) is 8.23. The predicted octanol–water partition coefficient (Wildman–Crippen LogP) is 6.81. The summed E-state index contributed by atoms with van der Waals surface area (Å²) in [5.41, 5.74) is 2.47. The van der Waals surface area contributed by atoms with Gasteiger partial charge < -0.3 is 14.5 Å². The molecule has 0 atom stereocenters. The van der Waals surface area contributed by atoms with Gasteiger partial charge in [-0.2, -0.15) is 0 Å². The van der Waals surface area contributed by atoms with E-state index in [9.17, 15) is 4.79 Å². The van der Waals surface area contributed by atoms with E-state index in [1.807, 2.05) is 24.3 Å². The van der Waals surface area contributed by atoms with Crippen LogP contribution in [0.3, 0.4) is 0 Å². The number of nitrogens with one attached hydrogen (secondary N) is 1. The number of rotatable bonds is 14. The summed E-state index contributed by atoms with van der Waals surface area (Å²) in [7, 11) is 0. The van der Waals surface area contributed by atoms with Gasteiger partial charge >= 0.3 is 6.09 Å². The Morgan fingerprint density at radius 1 is 0.909 bits per heavy atom. The molecule has 0 saturated heterocycles. The van der Waals surface area contributed by atoms with Crippen LogP contribution in [0.25, 0.3) is 22.6 Å². The van der Waals surface area contributed by atoms with E-state index in [1.54, 1.807) is 18.5 Å². The van der Waals surface area contributed by atoms with Crippen molar-refractivity contribution in [3.63, 3.8) is 0 Å². The van der Waals surface area contributed by atoms with Gasteiger partial charge in [-0.1, -0.05) is 76.8 Å². The van der Waals surface area contributed by atoms with Crippen LogP contribution in [0.4, 0.5) is 4.79 Å². The van der Waals surface area contributed by atoms with Gasteiger partial charge in [0.15, 0.2) is 0 Å². The number of hydrogen-bond donors (Lipinski definition) is 1. The second-order valence-electron chi connectivity index (χ2n) is 8.23. The third-order valence-corrected chi connectivity index (χ3v) is 5.52. The van der Waals surface area contributed by atoms with Crippen LogP contribution in [0.15, 0.2) is 53.5 Å². The highest BCUT2D eigenvalue weighted by Gasteiger charge is 2.09. The second kappa shape index (κ2) is 14.0. The minimum atomic E-state index is -0.430. The quantitative estimate of drug-likeness (QED) is 0.271. The number of nitrogens with zero attached hydrogens (tertiary/aromatic N) is 3. The molecule has 0 fully saturated rings. The third kappa shape index (κ3) is 8.67. The van der Waals surface area contributed by atoms with Gasteiger partial charge in [0.05, 0.1) is 5.56 Å². The van der Waals surface area contributed by atoms with Gasteiger partial charge in [0.25, 0.3) is 0 Å². The zero-order valence-corrected chi connectivity index (χ0v) is 19.5. The molecule has 0 spiro atoms. The predicted molar refractivity (Wildman–Crippen MR) is 129 cm³/mol. The Hall–Kier alpha value is -3.22. The maximum Gasteiger partial charge on any atom is 0.412 e. The highest BCUT2D eigenvalue weighted by molar-refractivity contribution is 5.73. The van der Waals surface area contributed by atoms with Crippen molar-refractivity contribution in [2.45, 2.75) is 71.1 Å². The lowest BCUT2D eigenvalue weighted by atomic mass is 10.1. The number of carbonyl (C=O) groups is 1. The molecule has 33 heavy (non-hydrogen) atoms. The van der Waals surface area contributed by atoms with Crippen molar-refractivity contribution in [1.82, 2.24) is 20.5 Å². The van der Waals surface area contributed by atoms with Crippen molar-refractivity contribution in [2.75, 3.05) is 6.54 Å². The number of carbonyl (C=O) groups excluding carboxylic acids is 1. The number of amides is 1. The molecular weight excluding hydrogens is 416 g/mol. The van der Waals surface area contributed by atoms with Crippen LogP contribution in [0.1, 0.15) is 71.1 Å². The molecule has 3 rings (SSSR count). The molecule has 2 aromatic heterocycles. The maximum atomic E-state index is 12.2. The lowest BCUT2D eigenvalue weighted by molar-refractivity contribution is 0.200. The monoisotopic (exact) mass is 450 g/mol. The van der Waals surface area contributed by atoms with Crippen LogP contribution < -0.4 is 10.1 Å². The van der Waals surface area contributed by atoms with Gasteiger partial charge in [0.2, 0.25) is 12.3 Å². The Bertz CT molecular complexity index is 960. The summed E-state index contributed by atoms with van der Waals surface area (Å²) in [6.07, 6.45) is 16.9. The van der Waals surface area contributed by atoms with E-state index in [0.29, 0.717) is 18.2 Å². The van der Waals surface area contributed by atoms with Gasteiger partial charge in [-0.05, 0) is 30.2 Å². The smallest absolute Gasteiger partial charge is 0.412 e. The molecule has 0 aliphatic heterocycles. The third-order valence-electron chi connectivity index (χ3n) is 5.52. The van der Waals surface area contributed by atoms with E-state index >= 15 is 0 Å². The lowest BCUT2D eigenvalue weighted by Gasteiger charge is -2.09. The number of unbranched alkanes of at least 4 members (excludes halogenated alkanes) is 9. The van der Waals surface area contributed by atoms with E-state index in [2.05, 4.69) is 27.4 Å². The topological polar surface area (TPSA) is 90.1 Å². The molecule has 3 aromatic rings. The molecule has 0 unspecified atom stereocenters. The average Bonchev–Trinajstić information content (AvgIpc) is 3.38. The first-order valence-electron chi connectivity index (χ1n) is 12.0. The number of hydrogen-bond acceptors (Lipinski definition) is 6. The van der Waals surface area contributed by atoms with E-state index in [-0.39, 0.29) is 0 Å². The van der Waals surface area contributed by atoms with Crippen molar-refractivity contribution in [3.05, 3.63) is 49.1 Å². The fraction of sp³-hybridized carbons (Fsp3) is 0.462. The Kier molecular flexibility index (Phi) is 10.4. The van der Waals surface area contributed by atoms with Gasteiger partial charge in [-0.15, -0.1) is 10.2 Å². The molecule has 1 aromatic carbocycles. The molecule has 2 heterocycles. The minimum absolute atomic E-state index is 0.406. The Labute approximate surface area is 196 Å². The van der Waals surface area contributed by atoms with Crippen LogP contribution in [-0.4, -0.2) is 27.8 Å². The SMILES string of the molecule is CCCCCCCCCCCCNC(=O)Oc1cccc(-c2cncc(-c3nnco3)c2)c1. The summed E-state index contributed by atoms with van der Waals surface area (Å²) in [6, 6.07) is 9.27. The van der Waals surface area contributed by atoms with E-state index in [1.165, 1.54) is 57.8 Å². The largest absolute Gasteiger partial charge is 0.423 e. The van der Waals surface area contributed by atoms with E-state index < -0.39 is 6.09 Å². The molecule has 0 bridgehead atoms. The van der Waals surface area contributed by atoms with Crippen molar-refractivity contribution in [3.8, 4) is 28.3 Å². The van der Waals surface area contributed by atoms with Crippen molar-refractivity contribution >= 4 is 6.09 Å². The minimum Gasteiger partial charge on any atom is -0.423 e. The van der Waals surface area contributed by atoms with E-state index in [4.69, 9.17) is 9.15 Å². The van der Waals surface area contributed by atoms with Crippen LogP contribution in [-0.2, 0) is 0 Å². The molecule has 0 aliphatic rings. The van der Waals surface area contributed by atoms with Gasteiger partial charge in [0.1, 0.15) is 5.75 Å². The molecule has 0 saturated carbocycles. The van der Waals surface area contributed by atoms with Crippen molar-refractivity contribution < 1.29 is 13.9 Å². The van der Waals surface area contributed by atoms with Crippen LogP contribution in [0.2, 0.25) is 0 Å². The number of ether oxygens (including phenoxy) is 1. The summed E-state index contributed by atoms with van der Waals surface area (Å²) < 4.78 is 10.7. The summed E-state index contributed by atoms with van der Waals surface area (Å²) >= 11 is 0. The Balaban J connectivity index is 1.37. The maximum absolute atomic E-state index is 12.2. The summed E-state index contributed by atoms with van der Waals surface area (Å²) in [5, 5.41) is 10.5. The first kappa shape index (κ1) is 24.4. The van der Waals surface area contributed by atoms with Crippen LogP contribution in [0.5, 0.6) is 5.75 Å². The Morgan fingerprint density at radius 2 is 1.64 bits per heavy atom. The number of benzene rings is 1. The van der Waals surface area contributed by atoms with E-state index in [0.717, 1.165) is 29.5 Å². The fourth-order valence-corrected chi connectivity index (χ4v) is 3.70. The summed E-state index contributed by atoms with van der Waals surface area (Å²) in [6.45, 7) is 2.88. The Morgan fingerprint density at radius 3 is 2.36 bits per heavy atom. The normalized spacial score (nSPS) is 10.8. The first-order valence-corrected chi connectivity index (χ1v) is 12.0. The highest BCUT2D eigenvalue weighted by atomic mass is 16.6. The molecule has 7 heteroatoms. The average molecular weight is 451 g/mol. The molecule has 0 radical (unpaired) electrons. The molecule has 1 amide bonds. The lowest BCUT2D eigenvalue weighted by Crippen LogP contribution is -2.27. The zero-order chi connectivity index (χ0) is 23.1.